The number of hydrogen-bond donors (Lipinski definition) is 1. The maximum atomic E-state index is 12.3. The quantitative estimate of drug-likeness (QED) is 0.779. The molecule has 1 heterocycles. The van der Waals surface area contributed by atoms with Gasteiger partial charge in [-0.1, -0.05) is 15.9 Å². The van der Waals surface area contributed by atoms with E-state index < -0.39 is 0 Å². The highest BCUT2D eigenvalue weighted by atomic mass is 79.9. The lowest BCUT2D eigenvalue weighted by Gasteiger charge is -2.14. The molecule has 1 aromatic carbocycles. The number of carbonyl (C=O) groups is 1. The van der Waals surface area contributed by atoms with Gasteiger partial charge in [-0.25, -0.2) is 0 Å². The third kappa shape index (κ3) is 4.50. The number of ether oxygens (including phenoxy) is 2. The molecule has 7 heteroatoms. The van der Waals surface area contributed by atoms with E-state index in [1.165, 1.54) is 0 Å². The maximum Gasteiger partial charge on any atom is 0.229 e. The summed E-state index contributed by atoms with van der Waals surface area (Å²) in [6.07, 6.45) is 0.220. The minimum absolute atomic E-state index is 0.120. The van der Waals surface area contributed by atoms with Crippen molar-refractivity contribution in [1.82, 2.24) is 9.78 Å². The molecule has 0 spiro atoms. The smallest absolute Gasteiger partial charge is 0.229 e. The Hall–Kier alpha value is -2.02. The van der Waals surface area contributed by atoms with Gasteiger partial charge in [-0.05, 0) is 38.5 Å². The molecule has 0 unspecified atom stereocenters. The van der Waals surface area contributed by atoms with E-state index in [2.05, 4.69) is 26.3 Å². The van der Waals surface area contributed by atoms with Gasteiger partial charge in [0.15, 0.2) is 11.5 Å². The summed E-state index contributed by atoms with van der Waals surface area (Å²) in [7, 11) is 1.79. The Morgan fingerprint density at radius 3 is 2.38 bits per heavy atom. The predicted octanol–water partition coefficient (Wildman–Crippen LogP) is 3.47. The first-order valence-electron chi connectivity index (χ1n) is 7.83. The van der Waals surface area contributed by atoms with Crippen LogP contribution in [0.4, 0.5) is 5.82 Å². The minimum atomic E-state index is -0.120. The third-order valence-electron chi connectivity index (χ3n) is 3.33. The molecule has 0 aliphatic rings. The Kier molecular flexibility index (Phi) is 6.25. The van der Waals surface area contributed by atoms with Crippen molar-refractivity contribution in [3.63, 3.8) is 0 Å². The van der Waals surface area contributed by atoms with E-state index in [4.69, 9.17) is 9.47 Å². The van der Waals surface area contributed by atoms with Gasteiger partial charge in [0.25, 0.3) is 0 Å². The van der Waals surface area contributed by atoms with E-state index in [1.807, 2.05) is 39.0 Å². The van der Waals surface area contributed by atoms with Crippen LogP contribution in [0, 0.1) is 6.92 Å². The number of aromatic nitrogens is 2. The second-order valence-electron chi connectivity index (χ2n) is 5.28. The average molecular weight is 396 g/mol. The summed E-state index contributed by atoms with van der Waals surface area (Å²) in [6.45, 7) is 6.79. The Bertz CT molecular complexity index is 728. The van der Waals surface area contributed by atoms with Crippen LogP contribution in [0.15, 0.2) is 22.7 Å². The Morgan fingerprint density at radius 2 is 1.83 bits per heavy atom. The average Bonchev–Trinajstić information content (AvgIpc) is 2.82. The molecule has 0 fully saturated rings. The molecule has 24 heavy (non-hydrogen) atoms. The highest BCUT2D eigenvalue weighted by Crippen LogP contribution is 2.34. The lowest BCUT2D eigenvalue weighted by molar-refractivity contribution is -0.115. The van der Waals surface area contributed by atoms with Crippen molar-refractivity contribution in [2.75, 3.05) is 18.5 Å². The zero-order chi connectivity index (χ0) is 17.7. The number of nitrogens with zero attached hydrogens (tertiary/aromatic N) is 2. The van der Waals surface area contributed by atoms with Crippen molar-refractivity contribution in [2.24, 2.45) is 7.05 Å². The van der Waals surface area contributed by atoms with Gasteiger partial charge in [0, 0.05) is 17.6 Å². The molecule has 2 aromatic rings. The molecular formula is C17H22BrN3O3. The first kappa shape index (κ1) is 18.3. The second-order valence-corrected chi connectivity index (χ2v) is 6.13. The fraction of sp³-hybridized carbons (Fsp3) is 0.412. The van der Waals surface area contributed by atoms with Crippen LogP contribution in [0.2, 0.25) is 0 Å². The topological polar surface area (TPSA) is 65.4 Å². The molecule has 2 rings (SSSR count). The van der Waals surface area contributed by atoms with E-state index in [1.54, 1.807) is 11.7 Å². The van der Waals surface area contributed by atoms with Crippen molar-refractivity contribution >= 4 is 27.7 Å². The van der Waals surface area contributed by atoms with E-state index in [9.17, 15) is 4.79 Å². The number of amides is 1. The minimum Gasteiger partial charge on any atom is -0.490 e. The first-order chi connectivity index (χ1) is 11.4. The molecule has 0 atom stereocenters. The van der Waals surface area contributed by atoms with Crippen molar-refractivity contribution in [3.05, 3.63) is 33.9 Å². The monoisotopic (exact) mass is 395 g/mol. The van der Waals surface area contributed by atoms with Gasteiger partial charge in [0.1, 0.15) is 5.82 Å². The van der Waals surface area contributed by atoms with E-state index in [-0.39, 0.29) is 12.3 Å². The molecule has 0 bridgehead atoms. The number of benzene rings is 1. The molecule has 0 radical (unpaired) electrons. The van der Waals surface area contributed by atoms with Crippen molar-refractivity contribution in [1.29, 1.82) is 0 Å². The summed E-state index contributed by atoms with van der Waals surface area (Å²) in [5, 5.41) is 7.08. The van der Waals surface area contributed by atoms with Gasteiger partial charge in [-0.15, -0.1) is 0 Å². The third-order valence-corrected chi connectivity index (χ3v) is 4.07. The number of carbonyl (C=O) groups excluding carboxylic acids is 1. The van der Waals surface area contributed by atoms with Gasteiger partial charge in [-0.2, -0.15) is 5.10 Å². The van der Waals surface area contributed by atoms with Crippen molar-refractivity contribution in [2.45, 2.75) is 27.2 Å². The number of hydrogen-bond acceptors (Lipinski definition) is 4. The molecule has 6 nitrogen and oxygen atoms in total. The standard InChI is InChI=1S/C17H22BrN3O3/c1-5-23-14-8-12(13(18)10-15(14)24-6-2)9-17(22)19-16-7-11(3)20-21(16)4/h7-8,10H,5-6,9H2,1-4H3,(H,19,22). The lowest BCUT2D eigenvalue weighted by atomic mass is 10.1. The number of halogens is 1. The SMILES string of the molecule is CCOc1cc(Br)c(CC(=O)Nc2cc(C)nn2C)cc1OCC. The summed E-state index contributed by atoms with van der Waals surface area (Å²) in [5.41, 5.74) is 1.69. The van der Waals surface area contributed by atoms with E-state index in [0.717, 1.165) is 15.7 Å². The zero-order valence-electron chi connectivity index (χ0n) is 14.4. The van der Waals surface area contributed by atoms with Crippen LogP contribution in [-0.2, 0) is 18.3 Å². The highest BCUT2D eigenvalue weighted by molar-refractivity contribution is 9.10. The normalized spacial score (nSPS) is 10.5. The van der Waals surface area contributed by atoms with Gasteiger partial charge in [0.05, 0.1) is 25.3 Å². The van der Waals surface area contributed by atoms with E-state index in [0.29, 0.717) is 30.5 Å². The highest BCUT2D eigenvalue weighted by Gasteiger charge is 2.14. The predicted molar refractivity (Wildman–Crippen MR) is 96.8 cm³/mol. The molecule has 1 amide bonds. The summed E-state index contributed by atoms with van der Waals surface area (Å²) in [4.78, 5) is 12.3. The Morgan fingerprint density at radius 1 is 1.21 bits per heavy atom. The molecular weight excluding hydrogens is 374 g/mol. The molecule has 130 valence electrons. The van der Waals surface area contributed by atoms with Crippen LogP contribution in [0.3, 0.4) is 0 Å². The van der Waals surface area contributed by atoms with E-state index >= 15 is 0 Å². The molecule has 0 aliphatic carbocycles. The van der Waals surface area contributed by atoms with Crippen LogP contribution in [0.1, 0.15) is 25.1 Å². The largest absolute Gasteiger partial charge is 0.490 e. The van der Waals surface area contributed by atoms with Gasteiger partial charge < -0.3 is 14.8 Å². The summed E-state index contributed by atoms with van der Waals surface area (Å²) in [5.74, 6) is 1.86. The van der Waals surface area contributed by atoms with Crippen LogP contribution in [0.25, 0.3) is 0 Å². The summed E-state index contributed by atoms with van der Waals surface area (Å²) < 4.78 is 13.6. The fourth-order valence-electron chi connectivity index (χ4n) is 2.34. The number of nitrogens with one attached hydrogen (secondary N) is 1. The number of rotatable bonds is 7. The molecule has 0 saturated heterocycles. The van der Waals surface area contributed by atoms with Crippen LogP contribution in [-0.4, -0.2) is 28.9 Å². The van der Waals surface area contributed by atoms with Gasteiger partial charge in [0.2, 0.25) is 5.91 Å². The van der Waals surface area contributed by atoms with Gasteiger partial charge in [-0.3, -0.25) is 9.48 Å². The fourth-order valence-corrected chi connectivity index (χ4v) is 2.80. The molecule has 0 aliphatic heterocycles. The van der Waals surface area contributed by atoms with Crippen LogP contribution < -0.4 is 14.8 Å². The second kappa shape index (κ2) is 8.19. The number of aryl methyl sites for hydroxylation is 2. The Balaban J connectivity index is 2.17. The van der Waals surface area contributed by atoms with Gasteiger partial charge >= 0.3 is 0 Å². The summed E-state index contributed by atoms with van der Waals surface area (Å²) in [6, 6.07) is 5.51. The zero-order valence-corrected chi connectivity index (χ0v) is 15.9. The van der Waals surface area contributed by atoms with Crippen molar-refractivity contribution < 1.29 is 14.3 Å². The molecule has 1 aromatic heterocycles. The molecule has 0 saturated carbocycles. The first-order valence-corrected chi connectivity index (χ1v) is 8.62. The molecule has 1 N–H and O–H groups in total. The lowest BCUT2D eigenvalue weighted by Crippen LogP contribution is -2.17. The maximum absolute atomic E-state index is 12.3. The van der Waals surface area contributed by atoms with Crippen LogP contribution >= 0.6 is 15.9 Å². The number of anilines is 1. The Labute approximate surface area is 150 Å². The van der Waals surface area contributed by atoms with Crippen molar-refractivity contribution in [3.8, 4) is 11.5 Å². The van der Waals surface area contributed by atoms with Crippen LogP contribution in [0.5, 0.6) is 11.5 Å². The summed E-state index contributed by atoms with van der Waals surface area (Å²) >= 11 is 3.50.